The van der Waals surface area contributed by atoms with Crippen LogP contribution in [0.5, 0.6) is 17.2 Å². The standard InChI is InChI=1S/C22H19ClN4O5/c1-31-21-10-19-16(8-13(21)12-28)20(6-7-24-19)32-15-4-5-18(17(23)9-15)26-22(11-27(29)30)25-14-2-3-14/h4-12,14,25-26H,2-3H2,1H3/b22-11+. The molecule has 164 valence electrons. The van der Waals surface area contributed by atoms with Crippen LogP contribution >= 0.6 is 11.6 Å². The first-order chi connectivity index (χ1) is 15.5. The fourth-order valence-electron chi connectivity index (χ4n) is 3.11. The Hall–Kier alpha value is -3.85. The Morgan fingerprint density at radius 3 is 2.72 bits per heavy atom. The van der Waals surface area contributed by atoms with Crippen LogP contribution in [0.3, 0.4) is 0 Å². The van der Waals surface area contributed by atoms with Gasteiger partial charge < -0.3 is 20.1 Å². The minimum atomic E-state index is -0.528. The number of carbonyl (C=O) groups is 1. The Labute approximate surface area is 188 Å². The number of carbonyl (C=O) groups excluding carboxylic acids is 1. The average molecular weight is 455 g/mol. The molecule has 0 atom stereocenters. The molecule has 9 nitrogen and oxygen atoms in total. The molecule has 2 N–H and O–H groups in total. The summed E-state index contributed by atoms with van der Waals surface area (Å²) in [7, 11) is 1.48. The maximum absolute atomic E-state index is 11.4. The van der Waals surface area contributed by atoms with Gasteiger partial charge in [0.05, 0.1) is 33.8 Å². The SMILES string of the molecule is COc1cc2nccc(Oc3ccc(N/C(=C/[N+](=O)[O-])NC4CC4)c(Cl)c3)c2cc1C=O. The molecule has 0 unspecified atom stereocenters. The third-order valence-corrected chi connectivity index (χ3v) is 5.10. The van der Waals surface area contributed by atoms with Gasteiger partial charge in [0.1, 0.15) is 17.2 Å². The zero-order valence-electron chi connectivity index (χ0n) is 17.0. The van der Waals surface area contributed by atoms with Crippen molar-refractivity contribution >= 4 is 34.5 Å². The molecule has 1 aliphatic rings. The van der Waals surface area contributed by atoms with E-state index in [9.17, 15) is 14.9 Å². The Kier molecular flexibility index (Phi) is 6.09. The normalized spacial score (nSPS) is 13.5. The van der Waals surface area contributed by atoms with Gasteiger partial charge in [0, 0.05) is 29.8 Å². The Morgan fingerprint density at radius 1 is 1.25 bits per heavy atom. The number of ether oxygens (including phenoxy) is 2. The van der Waals surface area contributed by atoms with E-state index in [1.54, 1.807) is 42.6 Å². The number of methoxy groups -OCH3 is 1. The number of halogens is 1. The summed E-state index contributed by atoms with van der Waals surface area (Å²) in [5, 5.41) is 17.9. The quantitative estimate of drug-likeness (QED) is 0.270. The van der Waals surface area contributed by atoms with Gasteiger partial charge in [-0.3, -0.25) is 19.9 Å². The van der Waals surface area contributed by atoms with Gasteiger partial charge >= 0.3 is 0 Å². The van der Waals surface area contributed by atoms with Crippen LogP contribution in [0.15, 0.2) is 54.6 Å². The number of anilines is 1. The number of fused-ring (bicyclic) bond motifs is 1. The minimum Gasteiger partial charge on any atom is -0.496 e. The van der Waals surface area contributed by atoms with Crippen molar-refractivity contribution in [1.82, 2.24) is 10.3 Å². The number of aldehydes is 1. The number of pyridine rings is 1. The van der Waals surface area contributed by atoms with Crippen molar-refractivity contribution in [3.05, 3.63) is 75.3 Å². The summed E-state index contributed by atoms with van der Waals surface area (Å²) in [5.74, 6) is 1.63. The van der Waals surface area contributed by atoms with E-state index in [4.69, 9.17) is 21.1 Å². The summed E-state index contributed by atoms with van der Waals surface area (Å²) in [6.07, 6.45) is 5.11. The molecule has 1 aliphatic carbocycles. The number of nitrogens with one attached hydrogen (secondary N) is 2. The molecule has 2 aromatic carbocycles. The molecule has 0 spiro atoms. The van der Waals surface area contributed by atoms with E-state index in [-0.39, 0.29) is 11.9 Å². The Bertz CT molecular complexity index is 1230. The largest absolute Gasteiger partial charge is 0.496 e. The lowest BCUT2D eigenvalue weighted by molar-refractivity contribution is -0.403. The highest BCUT2D eigenvalue weighted by Crippen LogP contribution is 2.35. The topological polar surface area (TPSA) is 116 Å². The second-order valence-electron chi connectivity index (χ2n) is 7.15. The van der Waals surface area contributed by atoms with Gasteiger partial charge in [0.2, 0.25) is 0 Å². The van der Waals surface area contributed by atoms with Crippen LogP contribution < -0.4 is 20.1 Å². The van der Waals surface area contributed by atoms with Gasteiger partial charge in [-0.1, -0.05) is 11.6 Å². The number of nitrogens with zero attached hydrogens (tertiary/aromatic N) is 2. The lowest BCUT2D eigenvalue weighted by atomic mass is 10.1. The first-order valence-corrected chi connectivity index (χ1v) is 10.1. The summed E-state index contributed by atoms with van der Waals surface area (Å²) in [6, 6.07) is 10.2. The van der Waals surface area contributed by atoms with Gasteiger partial charge in [0.25, 0.3) is 6.20 Å². The van der Waals surface area contributed by atoms with Gasteiger partial charge in [-0.2, -0.15) is 0 Å². The highest BCUT2D eigenvalue weighted by Gasteiger charge is 2.23. The molecule has 3 aromatic rings. The van der Waals surface area contributed by atoms with E-state index in [2.05, 4.69) is 15.6 Å². The highest BCUT2D eigenvalue weighted by molar-refractivity contribution is 6.33. The zero-order chi connectivity index (χ0) is 22.7. The molecule has 0 saturated heterocycles. The molecule has 0 aliphatic heterocycles. The van der Waals surface area contributed by atoms with Crippen LogP contribution in [0.25, 0.3) is 10.9 Å². The van der Waals surface area contributed by atoms with Crippen LogP contribution in [-0.2, 0) is 0 Å². The summed E-state index contributed by atoms with van der Waals surface area (Å²) < 4.78 is 11.2. The number of aromatic nitrogens is 1. The van der Waals surface area contributed by atoms with E-state index < -0.39 is 4.92 Å². The van der Waals surface area contributed by atoms with E-state index in [1.165, 1.54) is 7.11 Å². The number of benzene rings is 2. The van der Waals surface area contributed by atoms with Crippen LogP contribution in [-0.4, -0.2) is 29.3 Å². The molecule has 0 radical (unpaired) electrons. The first-order valence-electron chi connectivity index (χ1n) is 9.75. The molecular weight excluding hydrogens is 436 g/mol. The maximum Gasteiger partial charge on any atom is 0.274 e. The summed E-state index contributed by atoms with van der Waals surface area (Å²) in [6.45, 7) is 0. The molecule has 1 aromatic heterocycles. The average Bonchev–Trinajstić information content (AvgIpc) is 3.58. The highest BCUT2D eigenvalue weighted by atomic mass is 35.5. The van der Waals surface area contributed by atoms with Crippen LogP contribution in [0.4, 0.5) is 5.69 Å². The monoisotopic (exact) mass is 454 g/mol. The molecule has 1 saturated carbocycles. The minimum absolute atomic E-state index is 0.227. The van der Waals surface area contributed by atoms with Crippen molar-refractivity contribution in [3.8, 4) is 17.2 Å². The molecule has 0 bridgehead atoms. The van der Waals surface area contributed by atoms with Gasteiger partial charge in [-0.25, -0.2) is 0 Å². The number of hydrogen-bond acceptors (Lipinski definition) is 8. The molecular formula is C22H19ClN4O5. The summed E-state index contributed by atoms with van der Waals surface area (Å²) >= 11 is 6.39. The number of hydrogen-bond donors (Lipinski definition) is 2. The van der Waals surface area contributed by atoms with Crippen molar-refractivity contribution in [2.75, 3.05) is 12.4 Å². The number of rotatable bonds is 9. The Morgan fingerprint density at radius 2 is 2.06 bits per heavy atom. The molecule has 1 fully saturated rings. The van der Waals surface area contributed by atoms with Crippen LogP contribution in [0, 0.1) is 10.1 Å². The van der Waals surface area contributed by atoms with Gasteiger partial charge in [-0.05, 0) is 37.1 Å². The fourth-order valence-corrected chi connectivity index (χ4v) is 3.33. The van der Waals surface area contributed by atoms with Crippen LogP contribution in [0.1, 0.15) is 23.2 Å². The molecule has 10 heteroatoms. The smallest absolute Gasteiger partial charge is 0.274 e. The molecule has 4 rings (SSSR count). The first kappa shape index (κ1) is 21.4. The summed E-state index contributed by atoms with van der Waals surface area (Å²) in [4.78, 5) is 26.1. The molecule has 1 heterocycles. The zero-order valence-corrected chi connectivity index (χ0v) is 17.8. The third-order valence-electron chi connectivity index (χ3n) is 4.79. The van der Waals surface area contributed by atoms with E-state index >= 15 is 0 Å². The van der Waals surface area contributed by atoms with Crippen molar-refractivity contribution in [3.63, 3.8) is 0 Å². The van der Waals surface area contributed by atoms with E-state index in [0.717, 1.165) is 19.0 Å². The third kappa shape index (κ3) is 4.89. The second kappa shape index (κ2) is 9.11. The predicted octanol–water partition coefficient (Wildman–Crippen LogP) is 4.74. The molecule has 32 heavy (non-hydrogen) atoms. The van der Waals surface area contributed by atoms with E-state index in [0.29, 0.717) is 50.7 Å². The lowest BCUT2D eigenvalue weighted by Gasteiger charge is -2.14. The van der Waals surface area contributed by atoms with Crippen LogP contribution in [0.2, 0.25) is 5.02 Å². The van der Waals surface area contributed by atoms with E-state index in [1.807, 2.05) is 0 Å². The predicted molar refractivity (Wildman–Crippen MR) is 120 cm³/mol. The summed E-state index contributed by atoms with van der Waals surface area (Å²) in [5.41, 5.74) is 1.48. The van der Waals surface area contributed by atoms with Crippen molar-refractivity contribution in [2.24, 2.45) is 0 Å². The van der Waals surface area contributed by atoms with Crippen molar-refractivity contribution in [1.29, 1.82) is 0 Å². The second-order valence-corrected chi connectivity index (χ2v) is 7.56. The number of nitro groups is 1. The maximum atomic E-state index is 11.4. The fraction of sp³-hybridized carbons (Fsp3) is 0.182. The molecule has 0 amide bonds. The van der Waals surface area contributed by atoms with Gasteiger partial charge in [0.15, 0.2) is 12.1 Å². The lowest BCUT2D eigenvalue weighted by Crippen LogP contribution is -2.22. The van der Waals surface area contributed by atoms with Gasteiger partial charge in [-0.15, -0.1) is 0 Å². The Balaban J connectivity index is 1.59. The van der Waals surface area contributed by atoms with Crippen molar-refractivity contribution < 1.29 is 19.2 Å². The van der Waals surface area contributed by atoms with Crippen molar-refractivity contribution in [2.45, 2.75) is 18.9 Å².